The number of rotatable bonds is 5. The highest BCUT2D eigenvalue weighted by Gasteiger charge is 2.19. The number of sulfonamides is 1. The highest BCUT2D eigenvalue weighted by Crippen LogP contribution is 2.25. The lowest BCUT2D eigenvalue weighted by Crippen LogP contribution is -2.24. The molecule has 0 aliphatic rings. The van der Waals surface area contributed by atoms with Gasteiger partial charge in [-0.05, 0) is 32.0 Å². The Labute approximate surface area is 122 Å². The lowest BCUT2D eigenvalue weighted by atomic mass is 10.3. The normalized spacial score (nSPS) is 11.8. The van der Waals surface area contributed by atoms with Crippen LogP contribution in [0.15, 0.2) is 29.2 Å². The first-order chi connectivity index (χ1) is 9.42. The van der Waals surface area contributed by atoms with Gasteiger partial charge in [0, 0.05) is 22.0 Å². The van der Waals surface area contributed by atoms with E-state index in [-0.39, 0.29) is 6.54 Å². The van der Waals surface area contributed by atoms with Crippen LogP contribution >= 0.6 is 11.3 Å². The molecular formula is C13H17N3O2S2. The van der Waals surface area contributed by atoms with Gasteiger partial charge in [-0.2, -0.15) is 0 Å². The van der Waals surface area contributed by atoms with Crippen LogP contribution in [0.4, 0.5) is 0 Å². The van der Waals surface area contributed by atoms with E-state index in [1.807, 2.05) is 19.1 Å². The van der Waals surface area contributed by atoms with E-state index in [2.05, 4.69) is 9.71 Å². The molecule has 0 amide bonds. The second-order valence-electron chi connectivity index (χ2n) is 4.43. The van der Waals surface area contributed by atoms with Gasteiger partial charge in [0.15, 0.2) is 0 Å². The largest absolute Gasteiger partial charge is 0.326 e. The molecule has 0 unspecified atom stereocenters. The number of nitrogens with two attached hydrogens (primary N) is 1. The zero-order chi connectivity index (χ0) is 14.8. The second-order valence-corrected chi connectivity index (χ2v) is 7.51. The molecule has 0 atom stereocenters. The molecule has 2 aromatic rings. The number of hydrogen-bond acceptors (Lipinski definition) is 5. The zero-order valence-electron chi connectivity index (χ0n) is 11.4. The quantitative estimate of drug-likeness (QED) is 0.880. The maximum absolute atomic E-state index is 12.3. The minimum absolute atomic E-state index is 0.178. The molecule has 0 radical (unpaired) electrons. The first-order valence-corrected chi connectivity index (χ1v) is 8.44. The Hall–Kier alpha value is -1.28. The number of aryl methyl sites for hydroxylation is 2. The van der Waals surface area contributed by atoms with Crippen molar-refractivity contribution in [2.75, 3.05) is 0 Å². The summed E-state index contributed by atoms with van der Waals surface area (Å²) in [5.41, 5.74) is 7.10. The zero-order valence-corrected chi connectivity index (χ0v) is 13.0. The Bertz CT molecular complexity index is 708. The van der Waals surface area contributed by atoms with Gasteiger partial charge in [-0.25, -0.2) is 13.1 Å². The summed E-state index contributed by atoms with van der Waals surface area (Å²) in [4.78, 5) is 6.17. The van der Waals surface area contributed by atoms with E-state index in [0.29, 0.717) is 17.1 Å². The number of pyridine rings is 1. The van der Waals surface area contributed by atoms with Crippen molar-refractivity contribution < 1.29 is 8.42 Å². The number of aromatic nitrogens is 1. The van der Waals surface area contributed by atoms with Gasteiger partial charge in [0.05, 0.1) is 17.1 Å². The van der Waals surface area contributed by atoms with E-state index in [1.54, 1.807) is 19.1 Å². The van der Waals surface area contributed by atoms with Crippen molar-refractivity contribution in [3.05, 3.63) is 45.4 Å². The van der Waals surface area contributed by atoms with Crippen LogP contribution in [0.3, 0.4) is 0 Å². The van der Waals surface area contributed by atoms with E-state index >= 15 is 0 Å². The first kappa shape index (κ1) is 15.1. The average molecular weight is 311 g/mol. The van der Waals surface area contributed by atoms with Crippen LogP contribution in [-0.2, 0) is 23.1 Å². The van der Waals surface area contributed by atoms with Gasteiger partial charge in [0.25, 0.3) is 0 Å². The van der Waals surface area contributed by atoms with Crippen LogP contribution in [0.25, 0.3) is 0 Å². The Balaban J connectivity index is 2.17. The number of nitrogens with one attached hydrogen (secondary N) is 1. The molecular weight excluding hydrogens is 294 g/mol. The van der Waals surface area contributed by atoms with Crippen LogP contribution < -0.4 is 10.5 Å². The van der Waals surface area contributed by atoms with Crippen molar-refractivity contribution in [2.24, 2.45) is 5.73 Å². The fourth-order valence-corrected chi connectivity index (χ4v) is 4.35. The topological polar surface area (TPSA) is 85.1 Å². The lowest BCUT2D eigenvalue weighted by molar-refractivity contribution is 0.580. The fraction of sp³-hybridized carbons (Fsp3) is 0.308. The van der Waals surface area contributed by atoms with Gasteiger partial charge in [-0.1, -0.05) is 6.07 Å². The molecule has 0 bridgehead atoms. The van der Waals surface area contributed by atoms with Crippen molar-refractivity contribution in [2.45, 2.75) is 31.8 Å². The summed E-state index contributed by atoms with van der Waals surface area (Å²) in [6.45, 7) is 4.18. The molecule has 0 saturated carbocycles. The third-order valence-corrected chi connectivity index (χ3v) is 5.53. The van der Waals surface area contributed by atoms with Gasteiger partial charge in [-0.15, -0.1) is 11.3 Å². The molecule has 0 aliphatic heterocycles. The molecule has 2 heterocycles. The van der Waals surface area contributed by atoms with Crippen molar-refractivity contribution >= 4 is 21.4 Å². The summed E-state index contributed by atoms with van der Waals surface area (Å²) in [6, 6.07) is 7.15. The summed E-state index contributed by atoms with van der Waals surface area (Å²) in [5, 5.41) is 0. The molecule has 0 saturated heterocycles. The van der Waals surface area contributed by atoms with Crippen molar-refractivity contribution in [1.82, 2.24) is 9.71 Å². The minimum atomic E-state index is -3.53. The maximum Gasteiger partial charge on any atom is 0.242 e. The van der Waals surface area contributed by atoms with Crippen molar-refractivity contribution in [3.8, 4) is 0 Å². The molecule has 20 heavy (non-hydrogen) atoms. The molecule has 2 rings (SSSR count). The van der Waals surface area contributed by atoms with Crippen molar-refractivity contribution in [3.63, 3.8) is 0 Å². The molecule has 3 N–H and O–H groups in total. The van der Waals surface area contributed by atoms with E-state index in [9.17, 15) is 8.42 Å². The van der Waals surface area contributed by atoms with E-state index in [4.69, 9.17) is 5.73 Å². The predicted molar refractivity (Wildman–Crippen MR) is 79.9 cm³/mol. The molecule has 2 aromatic heterocycles. The highest BCUT2D eigenvalue weighted by atomic mass is 32.2. The van der Waals surface area contributed by atoms with Gasteiger partial charge in [0.2, 0.25) is 10.0 Å². The molecule has 0 fully saturated rings. The minimum Gasteiger partial charge on any atom is -0.326 e. The van der Waals surface area contributed by atoms with Crippen LogP contribution in [-0.4, -0.2) is 13.4 Å². The standard InChI is InChI=1S/C13H17N3O2S2/c1-9-4-3-5-11(16-9)8-15-20(17,18)13-6-12(7-14)19-10(13)2/h3-6,15H,7-8,14H2,1-2H3. The Kier molecular flexibility index (Phi) is 4.54. The SMILES string of the molecule is Cc1cccc(CNS(=O)(=O)c2cc(CN)sc2C)n1. The summed E-state index contributed by atoms with van der Waals surface area (Å²) in [7, 11) is -3.53. The predicted octanol–water partition coefficient (Wildman–Crippen LogP) is 1.70. The summed E-state index contributed by atoms with van der Waals surface area (Å²) in [5.74, 6) is 0. The Morgan fingerprint density at radius 1 is 1.35 bits per heavy atom. The van der Waals surface area contributed by atoms with Gasteiger partial charge < -0.3 is 5.73 Å². The smallest absolute Gasteiger partial charge is 0.242 e. The van der Waals surface area contributed by atoms with Crippen LogP contribution in [0.2, 0.25) is 0 Å². The molecule has 0 aliphatic carbocycles. The number of hydrogen-bond donors (Lipinski definition) is 2. The van der Waals surface area contributed by atoms with Crippen molar-refractivity contribution in [1.29, 1.82) is 0 Å². The van der Waals surface area contributed by atoms with Crippen LogP contribution in [0, 0.1) is 13.8 Å². The fourth-order valence-electron chi connectivity index (χ4n) is 1.84. The maximum atomic E-state index is 12.3. The molecule has 0 aromatic carbocycles. The van der Waals surface area contributed by atoms with E-state index in [0.717, 1.165) is 15.4 Å². The molecule has 7 heteroatoms. The van der Waals surface area contributed by atoms with Crippen LogP contribution in [0.1, 0.15) is 21.1 Å². The highest BCUT2D eigenvalue weighted by molar-refractivity contribution is 7.89. The van der Waals surface area contributed by atoms with E-state index in [1.165, 1.54) is 11.3 Å². The summed E-state index contributed by atoms with van der Waals surface area (Å²) < 4.78 is 27.1. The Morgan fingerprint density at radius 3 is 2.70 bits per heavy atom. The first-order valence-electron chi connectivity index (χ1n) is 6.14. The second kappa shape index (κ2) is 6.01. The monoisotopic (exact) mass is 311 g/mol. The van der Waals surface area contributed by atoms with Gasteiger partial charge in [-0.3, -0.25) is 4.98 Å². The summed E-state index contributed by atoms with van der Waals surface area (Å²) in [6.07, 6.45) is 0. The van der Waals surface area contributed by atoms with Gasteiger partial charge in [0.1, 0.15) is 0 Å². The van der Waals surface area contributed by atoms with Gasteiger partial charge >= 0.3 is 0 Å². The van der Waals surface area contributed by atoms with E-state index < -0.39 is 10.0 Å². The average Bonchev–Trinajstić information content (AvgIpc) is 2.79. The summed E-state index contributed by atoms with van der Waals surface area (Å²) >= 11 is 1.41. The molecule has 108 valence electrons. The Morgan fingerprint density at radius 2 is 2.10 bits per heavy atom. The number of thiophene rings is 1. The number of nitrogens with zero attached hydrogens (tertiary/aromatic N) is 1. The lowest BCUT2D eigenvalue weighted by Gasteiger charge is -2.06. The van der Waals surface area contributed by atoms with Crippen LogP contribution in [0.5, 0.6) is 0 Å². The molecule has 5 nitrogen and oxygen atoms in total. The third kappa shape index (κ3) is 3.43. The third-order valence-electron chi connectivity index (χ3n) is 2.80. The molecule has 0 spiro atoms.